The molecule has 1 unspecified atom stereocenters. The molecule has 25 heavy (non-hydrogen) atoms. The Hall–Kier alpha value is -2.79. The van der Waals surface area contributed by atoms with Gasteiger partial charge in [0.05, 0.1) is 23.6 Å². The number of carbonyl (C=O) groups excluding carboxylic acids is 1. The van der Waals surface area contributed by atoms with Gasteiger partial charge in [0.15, 0.2) is 26.3 Å². The van der Waals surface area contributed by atoms with Crippen LogP contribution in [0.5, 0.6) is 5.75 Å². The number of hydrogen-bond donors (Lipinski definition) is 1. The molecule has 0 heterocycles. The average Bonchev–Trinajstić information content (AvgIpc) is 2.65. The van der Waals surface area contributed by atoms with E-state index in [1.807, 2.05) is 42.5 Å². The summed E-state index contributed by atoms with van der Waals surface area (Å²) in [5.41, 5.74) is 0.458. The third-order valence-electron chi connectivity index (χ3n) is 3.64. The van der Waals surface area contributed by atoms with E-state index in [2.05, 4.69) is 0 Å². The quantitative estimate of drug-likeness (QED) is 0.557. The molecular formula is C20H16FO3S+. The van der Waals surface area contributed by atoms with Crippen LogP contribution in [-0.2, 0) is 15.6 Å². The smallest absolute Gasteiger partial charge is 0.337 e. The number of carbonyl (C=O) groups is 1. The molecule has 126 valence electrons. The molecule has 0 saturated heterocycles. The van der Waals surface area contributed by atoms with Crippen LogP contribution in [0.4, 0.5) is 4.39 Å². The third kappa shape index (κ3) is 3.67. The molecule has 0 amide bonds. The lowest BCUT2D eigenvalue weighted by atomic mass is 10.2. The van der Waals surface area contributed by atoms with E-state index in [1.54, 1.807) is 18.2 Å². The summed E-state index contributed by atoms with van der Waals surface area (Å²) in [6.45, 7) is 0. The van der Waals surface area contributed by atoms with Crippen molar-refractivity contribution in [1.82, 2.24) is 0 Å². The molecule has 3 aromatic rings. The third-order valence-corrected chi connectivity index (χ3v) is 5.86. The number of esters is 1. The Labute approximate surface area is 148 Å². The van der Waals surface area contributed by atoms with Gasteiger partial charge in [-0.2, -0.15) is 0 Å². The zero-order valence-corrected chi connectivity index (χ0v) is 14.3. The van der Waals surface area contributed by atoms with Crippen molar-refractivity contribution in [1.29, 1.82) is 0 Å². The standard InChI is InChI=1S/C20H15FO3S/c1-24-20(23)14-7-9-16(10-8-14)25(15-5-3-2-4-6-15)17-11-12-19(22)18(21)13-17/h2-13H,1H3/p+1. The predicted molar refractivity (Wildman–Crippen MR) is 94.5 cm³/mol. The van der Waals surface area contributed by atoms with Crippen LogP contribution in [-0.4, -0.2) is 18.2 Å². The van der Waals surface area contributed by atoms with Crippen LogP contribution in [0.3, 0.4) is 0 Å². The van der Waals surface area contributed by atoms with Crippen molar-refractivity contribution < 1.29 is 19.0 Å². The van der Waals surface area contributed by atoms with Gasteiger partial charge in [0.2, 0.25) is 0 Å². The van der Waals surface area contributed by atoms with E-state index >= 15 is 0 Å². The number of ether oxygens (including phenoxy) is 1. The highest BCUT2D eigenvalue weighted by Gasteiger charge is 2.29. The van der Waals surface area contributed by atoms with Crippen molar-refractivity contribution >= 4 is 16.9 Å². The Morgan fingerprint density at radius 2 is 1.52 bits per heavy atom. The molecule has 0 aliphatic heterocycles. The summed E-state index contributed by atoms with van der Waals surface area (Å²) in [7, 11) is 0.777. The van der Waals surface area contributed by atoms with Crippen LogP contribution in [0.1, 0.15) is 10.4 Å². The monoisotopic (exact) mass is 355 g/mol. The van der Waals surface area contributed by atoms with Gasteiger partial charge in [0.25, 0.3) is 0 Å². The second-order valence-corrected chi connectivity index (χ2v) is 7.28. The van der Waals surface area contributed by atoms with Crippen molar-refractivity contribution in [3.05, 3.63) is 84.2 Å². The maximum absolute atomic E-state index is 13.9. The highest BCUT2D eigenvalue weighted by Crippen LogP contribution is 2.33. The molecule has 0 aliphatic carbocycles. The van der Waals surface area contributed by atoms with E-state index in [4.69, 9.17) is 4.74 Å². The minimum absolute atomic E-state index is 0.374. The van der Waals surface area contributed by atoms with E-state index in [-0.39, 0.29) is 5.75 Å². The molecule has 3 rings (SSSR count). The molecule has 0 aliphatic rings. The largest absolute Gasteiger partial charge is 0.505 e. The number of halogens is 1. The molecule has 3 aromatic carbocycles. The van der Waals surface area contributed by atoms with Gasteiger partial charge in [0.1, 0.15) is 0 Å². The SMILES string of the molecule is COC(=O)c1ccc([S+](c2ccccc2)c2ccc(O)c(F)c2)cc1. The molecule has 0 saturated carbocycles. The second kappa shape index (κ2) is 7.40. The summed E-state index contributed by atoms with van der Waals surface area (Å²) in [5.74, 6) is -1.43. The zero-order chi connectivity index (χ0) is 17.8. The summed E-state index contributed by atoms with van der Waals surface area (Å²) < 4.78 is 18.6. The topological polar surface area (TPSA) is 46.5 Å². The molecule has 0 fully saturated rings. The first kappa shape index (κ1) is 17.0. The Morgan fingerprint density at radius 3 is 2.12 bits per heavy atom. The van der Waals surface area contributed by atoms with E-state index in [9.17, 15) is 14.3 Å². The van der Waals surface area contributed by atoms with E-state index in [1.165, 1.54) is 19.2 Å². The normalized spacial score (nSPS) is 11.8. The van der Waals surface area contributed by atoms with Crippen LogP contribution in [0.15, 0.2) is 87.5 Å². The molecule has 5 heteroatoms. The van der Waals surface area contributed by atoms with Gasteiger partial charge in [-0.25, -0.2) is 9.18 Å². The number of hydrogen-bond acceptors (Lipinski definition) is 3. The van der Waals surface area contributed by atoms with Crippen molar-refractivity contribution in [2.24, 2.45) is 0 Å². The highest BCUT2D eigenvalue weighted by atomic mass is 32.2. The van der Waals surface area contributed by atoms with Crippen molar-refractivity contribution in [2.45, 2.75) is 14.7 Å². The van der Waals surface area contributed by atoms with Gasteiger partial charge in [-0.3, -0.25) is 0 Å². The number of methoxy groups -OCH3 is 1. The Bertz CT molecular complexity index is 879. The molecule has 0 bridgehead atoms. The maximum Gasteiger partial charge on any atom is 0.337 e. The molecule has 3 nitrogen and oxygen atoms in total. The number of phenols is 1. The minimum Gasteiger partial charge on any atom is -0.505 e. The number of rotatable bonds is 4. The molecule has 0 spiro atoms. The Morgan fingerprint density at radius 1 is 0.920 bits per heavy atom. The molecule has 0 aromatic heterocycles. The second-order valence-electron chi connectivity index (χ2n) is 5.25. The number of aromatic hydroxyl groups is 1. The van der Waals surface area contributed by atoms with Crippen molar-refractivity contribution in [3.8, 4) is 5.75 Å². The van der Waals surface area contributed by atoms with Gasteiger partial charge in [0, 0.05) is 6.07 Å². The first-order chi connectivity index (χ1) is 12.1. The highest BCUT2D eigenvalue weighted by molar-refractivity contribution is 7.97. The zero-order valence-electron chi connectivity index (χ0n) is 13.5. The van der Waals surface area contributed by atoms with Crippen LogP contribution in [0.25, 0.3) is 0 Å². The van der Waals surface area contributed by atoms with Crippen molar-refractivity contribution in [2.75, 3.05) is 7.11 Å². The molecule has 1 N–H and O–H groups in total. The minimum atomic E-state index is -0.655. The lowest BCUT2D eigenvalue weighted by molar-refractivity contribution is 0.0600. The van der Waals surface area contributed by atoms with Crippen LogP contribution < -0.4 is 0 Å². The number of phenolic OH excluding ortho intramolecular Hbond substituents is 1. The molecule has 1 atom stereocenters. The van der Waals surface area contributed by atoms with E-state index in [0.29, 0.717) is 5.56 Å². The van der Waals surface area contributed by atoms with Gasteiger partial charge in [-0.15, -0.1) is 0 Å². The summed E-state index contributed by atoms with van der Waals surface area (Å²) in [4.78, 5) is 14.3. The lowest BCUT2D eigenvalue weighted by Crippen LogP contribution is -2.06. The summed E-state index contributed by atoms with van der Waals surface area (Å²) in [6, 6.07) is 21.2. The molecule has 0 radical (unpaired) electrons. The van der Waals surface area contributed by atoms with Crippen LogP contribution in [0.2, 0.25) is 0 Å². The van der Waals surface area contributed by atoms with E-state index < -0.39 is 22.7 Å². The van der Waals surface area contributed by atoms with Crippen LogP contribution >= 0.6 is 0 Å². The van der Waals surface area contributed by atoms with E-state index in [0.717, 1.165) is 14.7 Å². The first-order valence-electron chi connectivity index (χ1n) is 7.56. The summed E-state index contributed by atoms with van der Waals surface area (Å²) in [5, 5.41) is 9.47. The fourth-order valence-electron chi connectivity index (χ4n) is 2.42. The van der Waals surface area contributed by atoms with Crippen LogP contribution in [0, 0.1) is 5.82 Å². The lowest BCUT2D eigenvalue weighted by Gasteiger charge is -2.09. The number of benzene rings is 3. The summed E-state index contributed by atoms with van der Waals surface area (Å²) >= 11 is 0. The fraction of sp³-hybridized carbons (Fsp3) is 0.0500. The predicted octanol–water partition coefficient (Wildman–Crippen LogP) is 4.41. The van der Waals surface area contributed by atoms with Gasteiger partial charge >= 0.3 is 5.97 Å². The summed E-state index contributed by atoms with van der Waals surface area (Å²) in [6.07, 6.45) is 0. The van der Waals surface area contributed by atoms with Gasteiger partial charge in [-0.05, 0) is 48.5 Å². The van der Waals surface area contributed by atoms with Gasteiger partial charge < -0.3 is 9.84 Å². The first-order valence-corrected chi connectivity index (χ1v) is 8.79. The molecular weight excluding hydrogens is 339 g/mol. The average molecular weight is 355 g/mol. The van der Waals surface area contributed by atoms with Gasteiger partial charge in [-0.1, -0.05) is 18.2 Å². The Balaban J connectivity index is 2.08. The maximum atomic E-state index is 13.9. The van der Waals surface area contributed by atoms with Crippen molar-refractivity contribution in [3.63, 3.8) is 0 Å². The Kier molecular flexibility index (Phi) is 5.05. The fourth-order valence-corrected chi connectivity index (χ4v) is 4.50.